The molecule has 3 rings (SSSR count). The van der Waals surface area contributed by atoms with Gasteiger partial charge in [0.25, 0.3) is 0 Å². The number of nitrogens with one attached hydrogen (secondary N) is 1. The molecular weight excluding hydrogens is 310 g/mol. The maximum absolute atomic E-state index is 14.1. The number of hydrogen-bond acceptors (Lipinski definition) is 2. The molecule has 6 heteroatoms. The molecule has 1 aromatic carbocycles. The van der Waals surface area contributed by atoms with E-state index in [1.807, 2.05) is 14.0 Å². The van der Waals surface area contributed by atoms with Gasteiger partial charge in [-0.05, 0) is 25.3 Å². The number of aliphatic imine (C=N–C) groups is 1. The Morgan fingerprint density at radius 3 is 2.50 bits per heavy atom. The van der Waals surface area contributed by atoms with Crippen molar-refractivity contribution in [1.82, 2.24) is 15.1 Å². The minimum atomic E-state index is -0.522. The molecule has 1 atom stereocenters. The van der Waals surface area contributed by atoms with E-state index >= 15 is 0 Å². The van der Waals surface area contributed by atoms with Gasteiger partial charge in [0, 0.05) is 56.9 Å². The van der Waals surface area contributed by atoms with Crippen LogP contribution in [0.3, 0.4) is 0 Å². The Balaban J connectivity index is 1.63. The molecule has 1 aromatic rings. The Labute approximate surface area is 142 Å². The lowest BCUT2D eigenvalue weighted by Gasteiger charge is -2.40. The van der Waals surface area contributed by atoms with E-state index in [0.717, 1.165) is 44.6 Å². The Hall–Kier alpha value is -1.69. The van der Waals surface area contributed by atoms with Crippen LogP contribution in [0.25, 0.3) is 0 Å². The van der Waals surface area contributed by atoms with Crippen LogP contribution in [-0.2, 0) is 0 Å². The zero-order valence-electron chi connectivity index (χ0n) is 14.4. The Morgan fingerprint density at radius 2 is 1.96 bits per heavy atom. The molecule has 1 aliphatic heterocycles. The number of rotatable bonds is 4. The van der Waals surface area contributed by atoms with E-state index in [0.29, 0.717) is 11.6 Å². The van der Waals surface area contributed by atoms with Gasteiger partial charge in [-0.25, -0.2) is 8.78 Å². The zero-order chi connectivity index (χ0) is 17.1. The van der Waals surface area contributed by atoms with E-state index in [1.54, 1.807) is 6.07 Å². The van der Waals surface area contributed by atoms with Crippen molar-refractivity contribution in [3.63, 3.8) is 0 Å². The first-order chi connectivity index (χ1) is 11.6. The lowest BCUT2D eigenvalue weighted by Crippen LogP contribution is -2.53. The van der Waals surface area contributed by atoms with Gasteiger partial charge in [0.1, 0.15) is 11.6 Å². The van der Waals surface area contributed by atoms with Gasteiger partial charge in [0.15, 0.2) is 5.96 Å². The van der Waals surface area contributed by atoms with Crippen molar-refractivity contribution in [2.75, 3.05) is 33.2 Å². The number of benzene rings is 1. The van der Waals surface area contributed by atoms with Crippen LogP contribution >= 0.6 is 0 Å². The summed E-state index contributed by atoms with van der Waals surface area (Å²) in [5.41, 5.74) is 0.591. The van der Waals surface area contributed by atoms with Crippen molar-refractivity contribution in [3.8, 4) is 0 Å². The first kappa shape index (κ1) is 17.1. The van der Waals surface area contributed by atoms with E-state index < -0.39 is 11.6 Å². The van der Waals surface area contributed by atoms with Crippen LogP contribution in [-0.4, -0.2) is 55.0 Å². The van der Waals surface area contributed by atoms with Crippen molar-refractivity contribution in [1.29, 1.82) is 0 Å². The van der Waals surface area contributed by atoms with Crippen LogP contribution in [0.4, 0.5) is 8.78 Å². The minimum absolute atomic E-state index is 0.00819. The highest BCUT2D eigenvalue weighted by Gasteiger charge is 2.29. The molecule has 1 heterocycles. The van der Waals surface area contributed by atoms with Crippen molar-refractivity contribution >= 4 is 5.96 Å². The summed E-state index contributed by atoms with van der Waals surface area (Å²) in [5, 5.41) is 3.47. The molecule has 132 valence electrons. The lowest BCUT2D eigenvalue weighted by molar-refractivity contribution is 0.124. The van der Waals surface area contributed by atoms with Crippen LogP contribution in [0.1, 0.15) is 37.8 Å². The standard InChI is InChI=1S/C18H26F2N4/c1-3-17(15-7-4-13(19)12-16(15)20)23-8-10-24(11-9-23)18(21-2)22-14-5-6-14/h4,7,12,14,17H,3,5-6,8-11H2,1-2H3,(H,21,22). The predicted octanol–water partition coefficient (Wildman–Crippen LogP) is 2.77. The molecule has 4 nitrogen and oxygen atoms in total. The van der Waals surface area contributed by atoms with Crippen LogP contribution in [0.15, 0.2) is 23.2 Å². The Morgan fingerprint density at radius 1 is 1.25 bits per heavy atom. The topological polar surface area (TPSA) is 30.9 Å². The fourth-order valence-corrected chi connectivity index (χ4v) is 3.40. The van der Waals surface area contributed by atoms with Crippen molar-refractivity contribution < 1.29 is 8.78 Å². The molecule has 0 amide bonds. The minimum Gasteiger partial charge on any atom is -0.354 e. The van der Waals surface area contributed by atoms with E-state index in [4.69, 9.17) is 0 Å². The number of guanidine groups is 1. The SMILES string of the molecule is CCC(c1ccc(F)cc1F)N1CCN(C(=NC)NC2CC2)CC1. The van der Waals surface area contributed by atoms with Gasteiger partial charge < -0.3 is 10.2 Å². The van der Waals surface area contributed by atoms with Gasteiger partial charge in [-0.3, -0.25) is 9.89 Å². The summed E-state index contributed by atoms with van der Waals surface area (Å²) in [6.07, 6.45) is 3.25. The summed E-state index contributed by atoms with van der Waals surface area (Å²) < 4.78 is 27.3. The van der Waals surface area contributed by atoms with Gasteiger partial charge in [0.2, 0.25) is 0 Å². The second kappa shape index (κ2) is 7.47. The number of hydrogen-bond donors (Lipinski definition) is 1. The monoisotopic (exact) mass is 336 g/mol. The van der Waals surface area contributed by atoms with Gasteiger partial charge in [-0.2, -0.15) is 0 Å². The van der Waals surface area contributed by atoms with Crippen LogP contribution < -0.4 is 5.32 Å². The van der Waals surface area contributed by atoms with E-state index in [9.17, 15) is 8.78 Å². The number of halogens is 2. The third-order valence-electron chi connectivity index (χ3n) is 4.89. The first-order valence-electron chi connectivity index (χ1n) is 8.79. The number of piperazine rings is 1. The highest BCUT2D eigenvalue weighted by Crippen LogP contribution is 2.28. The summed E-state index contributed by atoms with van der Waals surface area (Å²) in [5.74, 6) is -0.000442. The molecule has 2 fully saturated rings. The second-order valence-electron chi connectivity index (χ2n) is 6.58. The Bertz CT molecular complexity index is 593. The summed E-state index contributed by atoms with van der Waals surface area (Å²) in [6.45, 7) is 5.48. The highest BCUT2D eigenvalue weighted by atomic mass is 19.1. The molecular formula is C18H26F2N4. The fraction of sp³-hybridized carbons (Fsp3) is 0.611. The third-order valence-corrected chi connectivity index (χ3v) is 4.89. The first-order valence-corrected chi connectivity index (χ1v) is 8.79. The molecule has 0 radical (unpaired) electrons. The maximum Gasteiger partial charge on any atom is 0.193 e. The number of nitrogens with zero attached hydrogens (tertiary/aromatic N) is 3. The van der Waals surface area contributed by atoms with Crippen LogP contribution in [0.5, 0.6) is 0 Å². The van der Waals surface area contributed by atoms with Crippen molar-refractivity contribution in [2.24, 2.45) is 4.99 Å². The molecule has 1 N–H and O–H groups in total. The van der Waals surface area contributed by atoms with Crippen LogP contribution in [0.2, 0.25) is 0 Å². The smallest absolute Gasteiger partial charge is 0.193 e. The fourth-order valence-electron chi connectivity index (χ4n) is 3.40. The normalized spacial score (nSPS) is 21.0. The molecule has 2 aliphatic rings. The molecule has 1 saturated carbocycles. The molecule has 1 unspecified atom stereocenters. The van der Waals surface area contributed by atoms with Crippen molar-refractivity contribution in [3.05, 3.63) is 35.4 Å². The molecule has 0 bridgehead atoms. The Kier molecular flexibility index (Phi) is 5.33. The molecule has 0 aromatic heterocycles. The summed E-state index contributed by atoms with van der Waals surface area (Å²) in [6, 6.07) is 4.48. The largest absolute Gasteiger partial charge is 0.354 e. The van der Waals surface area contributed by atoms with Crippen LogP contribution in [0, 0.1) is 11.6 Å². The van der Waals surface area contributed by atoms with Gasteiger partial charge in [-0.1, -0.05) is 13.0 Å². The zero-order valence-corrected chi connectivity index (χ0v) is 14.4. The third kappa shape index (κ3) is 3.86. The predicted molar refractivity (Wildman–Crippen MR) is 92.1 cm³/mol. The summed E-state index contributed by atoms with van der Waals surface area (Å²) >= 11 is 0. The van der Waals surface area contributed by atoms with Crippen molar-refractivity contribution in [2.45, 2.75) is 38.3 Å². The summed E-state index contributed by atoms with van der Waals surface area (Å²) in [7, 11) is 1.82. The average Bonchev–Trinajstić information content (AvgIpc) is 3.40. The molecule has 1 aliphatic carbocycles. The van der Waals surface area contributed by atoms with E-state index in [-0.39, 0.29) is 6.04 Å². The lowest BCUT2D eigenvalue weighted by atomic mass is 10.0. The van der Waals surface area contributed by atoms with E-state index in [2.05, 4.69) is 20.1 Å². The molecule has 24 heavy (non-hydrogen) atoms. The maximum atomic E-state index is 14.1. The van der Waals surface area contributed by atoms with Gasteiger partial charge >= 0.3 is 0 Å². The quantitative estimate of drug-likeness (QED) is 0.678. The molecule has 0 spiro atoms. The molecule has 1 saturated heterocycles. The second-order valence-corrected chi connectivity index (χ2v) is 6.58. The van der Waals surface area contributed by atoms with Gasteiger partial charge in [-0.15, -0.1) is 0 Å². The highest BCUT2D eigenvalue weighted by molar-refractivity contribution is 5.80. The summed E-state index contributed by atoms with van der Waals surface area (Å²) in [4.78, 5) is 8.93. The average molecular weight is 336 g/mol. The van der Waals surface area contributed by atoms with E-state index in [1.165, 1.54) is 18.9 Å². The van der Waals surface area contributed by atoms with Gasteiger partial charge in [0.05, 0.1) is 0 Å².